The van der Waals surface area contributed by atoms with Gasteiger partial charge in [-0.1, -0.05) is 18.2 Å². The molecule has 0 radical (unpaired) electrons. The second-order valence-electron chi connectivity index (χ2n) is 9.86. The molecular weight excluding hydrogens is 426 g/mol. The van der Waals surface area contributed by atoms with Crippen LogP contribution in [0.3, 0.4) is 0 Å². The number of nitriles is 1. The molecule has 0 unspecified atom stereocenters. The second-order valence-corrected chi connectivity index (χ2v) is 9.86. The van der Waals surface area contributed by atoms with Crippen molar-refractivity contribution in [1.82, 2.24) is 4.57 Å². The number of aryl methyl sites for hydroxylation is 1. The Kier molecular flexibility index (Phi) is 5.00. The van der Waals surface area contributed by atoms with E-state index in [1.54, 1.807) is 11.6 Å². The monoisotopic (exact) mass is 455 g/mol. The molecule has 0 saturated carbocycles. The zero-order valence-corrected chi connectivity index (χ0v) is 19.5. The fourth-order valence-electron chi connectivity index (χ4n) is 5.93. The zero-order valence-electron chi connectivity index (χ0n) is 19.5. The molecule has 3 fully saturated rings. The van der Waals surface area contributed by atoms with Crippen molar-refractivity contribution >= 4 is 28.0 Å². The highest BCUT2D eigenvalue weighted by Gasteiger charge is 2.48. The van der Waals surface area contributed by atoms with Gasteiger partial charge in [0.15, 0.2) is 0 Å². The first kappa shape index (κ1) is 21.1. The van der Waals surface area contributed by atoms with Gasteiger partial charge in [0, 0.05) is 68.5 Å². The van der Waals surface area contributed by atoms with E-state index in [9.17, 15) is 10.1 Å². The summed E-state index contributed by atoms with van der Waals surface area (Å²) >= 11 is 0. The normalized spacial score (nSPS) is 19.5. The number of para-hydroxylation sites is 1. The van der Waals surface area contributed by atoms with Crippen molar-refractivity contribution < 1.29 is 4.74 Å². The fourth-order valence-corrected chi connectivity index (χ4v) is 5.93. The van der Waals surface area contributed by atoms with Crippen LogP contribution in [0.15, 0.2) is 53.3 Å². The summed E-state index contributed by atoms with van der Waals surface area (Å²) in [6.45, 7) is 7.24. The number of rotatable bonds is 3. The van der Waals surface area contributed by atoms with E-state index in [1.165, 1.54) is 11.4 Å². The zero-order chi connectivity index (χ0) is 23.3. The Labute approximate surface area is 199 Å². The predicted octanol–water partition coefficient (Wildman–Crippen LogP) is 2.96. The maximum Gasteiger partial charge on any atom is 0.270 e. The van der Waals surface area contributed by atoms with Crippen LogP contribution in [0.25, 0.3) is 10.9 Å². The molecule has 0 atom stereocenters. The highest BCUT2D eigenvalue weighted by Crippen LogP contribution is 2.44. The number of hydrogen-bond donors (Lipinski definition) is 0. The quantitative estimate of drug-likeness (QED) is 0.605. The van der Waals surface area contributed by atoms with E-state index < -0.39 is 0 Å². The number of nitrogens with zero attached hydrogens (tertiary/aromatic N) is 5. The van der Waals surface area contributed by atoms with Crippen LogP contribution >= 0.6 is 0 Å². The van der Waals surface area contributed by atoms with Crippen LogP contribution in [0.5, 0.6) is 0 Å². The lowest BCUT2D eigenvalue weighted by molar-refractivity contribution is 0.122. The van der Waals surface area contributed by atoms with Gasteiger partial charge in [-0.3, -0.25) is 4.79 Å². The molecule has 34 heavy (non-hydrogen) atoms. The standard InChI is InChI=1S/C27H29N5O2/c1-29-24-5-3-2-4-22(24)25(23(16-28)26(29)33)31-11-10-27(17-31)18-32(19-27)21-8-6-20(7-9-21)30-12-14-34-15-13-30/h2-9H,10-15,17-19H2,1H3. The molecule has 0 aliphatic carbocycles. The minimum Gasteiger partial charge on any atom is -0.378 e. The van der Waals surface area contributed by atoms with Gasteiger partial charge in [-0.25, -0.2) is 0 Å². The Morgan fingerprint density at radius 1 is 0.882 bits per heavy atom. The van der Waals surface area contributed by atoms with Crippen molar-refractivity contribution in [3.8, 4) is 6.07 Å². The summed E-state index contributed by atoms with van der Waals surface area (Å²) in [5.74, 6) is 0. The third-order valence-electron chi connectivity index (χ3n) is 7.79. The van der Waals surface area contributed by atoms with Crippen LogP contribution in [-0.2, 0) is 11.8 Å². The maximum atomic E-state index is 12.9. The number of aromatic nitrogens is 1. The summed E-state index contributed by atoms with van der Waals surface area (Å²) in [7, 11) is 1.74. The number of morpholine rings is 1. The third-order valence-corrected chi connectivity index (χ3v) is 7.79. The van der Waals surface area contributed by atoms with E-state index in [4.69, 9.17) is 4.74 Å². The van der Waals surface area contributed by atoms with Gasteiger partial charge in [0.05, 0.1) is 24.4 Å². The number of benzene rings is 2. The minimum absolute atomic E-state index is 0.206. The van der Waals surface area contributed by atoms with Gasteiger partial charge in [0.1, 0.15) is 11.6 Å². The fraction of sp³-hybridized carbons (Fsp3) is 0.407. The highest BCUT2D eigenvalue weighted by atomic mass is 16.5. The van der Waals surface area contributed by atoms with Gasteiger partial charge in [-0.15, -0.1) is 0 Å². The average molecular weight is 456 g/mol. The number of anilines is 3. The Balaban J connectivity index is 1.21. The van der Waals surface area contributed by atoms with E-state index in [0.29, 0.717) is 0 Å². The Morgan fingerprint density at radius 3 is 2.24 bits per heavy atom. The van der Waals surface area contributed by atoms with Crippen molar-refractivity contribution in [2.24, 2.45) is 12.5 Å². The molecular formula is C27H29N5O2. The molecule has 7 nitrogen and oxygen atoms in total. The van der Waals surface area contributed by atoms with E-state index in [1.807, 2.05) is 24.3 Å². The Hall–Kier alpha value is -3.50. The lowest BCUT2D eigenvalue weighted by Crippen LogP contribution is -2.57. The van der Waals surface area contributed by atoms with E-state index in [2.05, 4.69) is 45.0 Å². The lowest BCUT2D eigenvalue weighted by atomic mass is 9.78. The van der Waals surface area contributed by atoms with Crippen LogP contribution in [0.2, 0.25) is 0 Å². The molecule has 3 saturated heterocycles. The van der Waals surface area contributed by atoms with Crippen molar-refractivity contribution in [2.75, 3.05) is 67.2 Å². The Morgan fingerprint density at radius 2 is 1.53 bits per heavy atom. The summed E-state index contributed by atoms with van der Waals surface area (Å²) in [5.41, 5.74) is 4.46. The molecule has 2 aromatic carbocycles. The summed E-state index contributed by atoms with van der Waals surface area (Å²) in [6, 6.07) is 19.0. The van der Waals surface area contributed by atoms with Crippen molar-refractivity contribution in [2.45, 2.75) is 6.42 Å². The molecule has 174 valence electrons. The first-order chi connectivity index (χ1) is 16.6. The predicted molar refractivity (Wildman–Crippen MR) is 135 cm³/mol. The molecule has 3 aliphatic heterocycles. The molecule has 1 aromatic heterocycles. The molecule has 0 bridgehead atoms. The van der Waals surface area contributed by atoms with Crippen molar-refractivity contribution in [3.05, 3.63) is 64.4 Å². The second kappa shape index (κ2) is 8.07. The van der Waals surface area contributed by atoms with Gasteiger partial charge >= 0.3 is 0 Å². The summed E-state index contributed by atoms with van der Waals surface area (Å²) in [5, 5.41) is 10.8. The molecule has 3 aliphatic rings. The summed E-state index contributed by atoms with van der Waals surface area (Å²) in [4.78, 5) is 20.0. The molecule has 1 spiro atoms. The number of hydrogen-bond acceptors (Lipinski definition) is 6. The minimum atomic E-state index is -0.215. The molecule has 0 amide bonds. The summed E-state index contributed by atoms with van der Waals surface area (Å²) in [6.07, 6.45) is 1.07. The van der Waals surface area contributed by atoms with Crippen LogP contribution in [-0.4, -0.2) is 57.0 Å². The van der Waals surface area contributed by atoms with Crippen LogP contribution < -0.4 is 20.3 Å². The summed E-state index contributed by atoms with van der Waals surface area (Å²) < 4.78 is 7.06. The van der Waals surface area contributed by atoms with Gasteiger partial charge in [0.25, 0.3) is 5.56 Å². The van der Waals surface area contributed by atoms with Gasteiger partial charge < -0.3 is 24.0 Å². The smallest absolute Gasteiger partial charge is 0.270 e. The molecule has 0 N–H and O–H groups in total. The van der Waals surface area contributed by atoms with Gasteiger partial charge in [-0.05, 0) is 36.8 Å². The van der Waals surface area contributed by atoms with Crippen molar-refractivity contribution in [1.29, 1.82) is 5.26 Å². The number of fused-ring (bicyclic) bond motifs is 1. The topological polar surface area (TPSA) is 64.7 Å². The highest BCUT2D eigenvalue weighted by molar-refractivity contribution is 5.95. The first-order valence-corrected chi connectivity index (χ1v) is 12.0. The van der Waals surface area contributed by atoms with Crippen LogP contribution in [0, 0.1) is 16.7 Å². The van der Waals surface area contributed by atoms with Crippen LogP contribution in [0.1, 0.15) is 12.0 Å². The first-order valence-electron chi connectivity index (χ1n) is 12.0. The Bertz CT molecular complexity index is 1330. The van der Waals surface area contributed by atoms with E-state index >= 15 is 0 Å². The van der Waals surface area contributed by atoms with E-state index in [0.717, 1.165) is 75.5 Å². The van der Waals surface area contributed by atoms with Crippen molar-refractivity contribution in [3.63, 3.8) is 0 Å². The SMILES string of the molecule is Cn1c(=O)c(C#N)c(N2CCC3(CN(c4ccc(N5CCOCC5)cc4)C3)C2)c2ccccc21. The largest absolute Gasteiger partial charge is 0.378 e. The molecule has 3 aromatic rings. The maximum absolute atomic E-state index is 12.9. The lowest BCUT2D eigenvalue weighted by Gasteiger charge is -2.49. The van der Waals surface area contributed by atoms with Crippen LogP contribution in [0.4, 0.5) is 17.1 Å². The average Bonchev–Trinajstić information content (AvgIpc) is 3.31. The van der Waals surface area contributed by atoms with Gasteiger partial charge in [0.2, 0.25) is 0 Å². The molecule has 6 rings (SSSR count). The third kappa shape index (κ3) is 3.33. The number of ether oxygens (including phenoxy) is 1. The van der Waals surface area contributed by atoms with E-state index in [-0.39, 0.29) is 16.5 Å². The number of pyridine rings is 1. The molecule has 7 heteroatoms. The molecule has 4 heterocycles. The van der Waals surface area contributed by atoms with Gasteiger partial charge in [-0.2, -0.15) is 5.26 Å².